The number of furan rings is 1. The minimum absolute atomic E-state index is 0.298. The van der Waals surface area contributed by atoms with E-state index in [-0.39, 0.29) is 0 Å². The second-order valence-electron chi connectivity index (χ2n) is 6.63. The molecule has 0 bridgehead atoms. The fourth-order valence-corrected chi connectivity index (χ4v) is 2.36. The molecule has 1 aromatic carbocycles. The number of fused-ring (bicyclic) bond motifs is 1. The van der Waals surface area contributed by atoms with Crippen molar-refractivity contribution in [2.24, 2.45) is 5.41 Å². The molecule has 1 atom stereocenters. The third kappa shape index (κ3) is 3.60. The van der Waals surface area contributed by atoms with Crippen LogP contribution in [0.25, 0.3) is 11.0 Å². The van der Waals surface area contributed by atoms with Gasteiger partial charge in [0.25, 0.3) is 0 Å². The Morgan fingerprint density at radius 2 is 1.95 bits per heavy atom. The Hall–Kier alpha value is -1.28. The van der Waals surface area contributed by atoms with E-state index in [1.165, 1.54) is 17.4 Å². The van der Waals surface area contributed by atoms with Gasteiger partial charge in [0.15, 0.2) is 0 Å². The summed E-state index contributed by atoms with van der Waals surface area (Å²) in [5, 5.41) is 4.57. The highest BCUT2D eigenvalue weighted by Gasteiger charge is 2.18. The molecule has 19 heavy (non-hydrogen) atoms. The van der Waals surface area contributed by atoms with Gasteiger partial charge in [-0.2, -0.15) is 0 Å². The van der Waals surface area contributed by atoms with Crippen LogP contribution in [-0.2, 0) is 0 Å². The van der Waals surface area contributed by atoms with Crippen LogP contribution < -0.4 is 5.32 Å². The summed E-state index contributed by atoms with van der Waals surface area (Å²) < 4.78 is 5.98. The lowest BCUT2D eigenvalue weighted by Gasteiger charge is -2.21. The highest BCUT2D eigenvalue weighted by atomic mass is 16.3. The van der Waals surface area contributed by atoms with Gasteiger partial charge in [-0.25, -0.2) is 0 Å². The van der Waals surface area contributed by atoms with E-state index in [9.17, 15) is 0 Å². The maximum atomic E-state index is 5.98. The van der Waals surface area contributed by atoms with Crippen LogP contribution in [-0.4, -0.2) is 7.05 Å². The van der Waals surface area contributed by atoms with E-state index in [0.29, 0.717) is 11.5 Å². The monoisotopic (exact) mass is 259 g/mol. The van der Waals surface area contributed by atoms with Gasteiger partial charge < -0.3 is 9.73 Å². The van der Waals surface area contributed by atoms with Gasteiger partial charge in [-0.05, 0) is 50.4 Å². The maximum absolute atomic E-state index is 5.98. The van der Waals surface area contributed by atoms with Crippen LogP contribution in [0.2, 0.25) is 0 Å². The largest absolute Gasteiger partial charge is 0.459 e. The summed E-state index contributed by atoms with van der Waals surface area (Å²) in [6, 6.07) is 8.81. The number of benzene rings is 1. The number of hydrogen-bond donors (Lipinski definition) is 1. The van der Waals surface area contributed by atoms with Crippen LogP contribution in [0, 0.1) is 12.3 Å². The molecule has 0 spiro atoms. The van der Waals surface area contributed by atoms with Gasteiger partial charge in [0.1, 0.15) is 11.3 Å². The zero-order valence-corrected chi connectivity index (χ0v) is 12.7. The molecule has 2 heteroatoms. The first-order valence-electron chi connectivity index (χ1n) is 7.06. The van der Waals surface area contributed by atoms with Gasteiger partial charge in [0.2, 0.25) is 0 Å². The predicted molar refractivity (Wildman–Crippen MR) is 81.4 cm³/mol. The van der Waals surface area contributed by atoms with Crippen molar-refractivity contribution in [2.45, 2.75) is 46.6 Å². The normalized spacial score (nSPS) is 13.9. The molecule has 104 valence electrons. The zero-order valence-electron chi connectivity index (χ0n) is 12.7. The Labute approximate surface area is 116 Å². The van der Waals surface area contributed by atoms with E-state index in [0.717, 1.165) is 17.8 Å². The molecule has 1 unspecified atom stereocenters. The molecule has 0 aliphatic rings. The molecule has 1 aromatic heterocycles. The van der Waals surface area contributed by atoms with Gasteiger partial charge in [-0.15, -0.1) is 0 Å². The SMILES string of the molecule is CNC(CCC(C)(C)C)c1cc2cc(C)ccc2o1. The Morgan fingerprint density at radius 3 is 2.58 bits per heavy atom. The van der Waals surface area contributed by atoms with E-state index < -0.39 is 0 Å². The zero-order chi connectivity index (χ0) is 14.0. The molecule has 1 heterocycles. The van der Waals surface area contributed by atoms with Crippen LogP contribution in [0.4, 0.5) is 0 Å². The van der Waals surface area contributed by atoms with Crippen molar-refractivity contribution in [2.75, 3.05) is 7.05 Å². The minimum atomic E-state index is 0.298. The second-order valence-corrected chi connectivity index (χ2v) is 6.63. The van der Waals surface area contributed by atoms with E-state index in [4.69, 9.17) is 4.42 Å². The van der Waals surface area contributed by atoms with Gasteiger partial charge in [0, 0.05) is 5.39 Å². The van der Waals surface area contributed by atoms with E-state index >= 15 is 0 Å². The molecule has 0 fully saturated rings. The molecule has 2 rings (SSSR count). The predicted octanol–water partition coefficient (Wildman–Crippen LogP) is 4.83. The molecule has 0 amide bonds. The summed E-state index contributed by atoms with van der Waals surface area (Å²) in [5.41, 5.74) is 2.62. The molecule has 0 aliphatic heterocycles. The highest BCUT2D eigenvalue weighted by Crippen LogP contribution is 2.30. The molecule has 0 radical (unpaired) electrons. The number of nitrogens with one attached hydrogen (secondary N) is 1. The first kappa shape index (κ1) is 14.1. The lowest BCUT2D eigenvalue weighted by molar-refractivity contribution is 0.321. The lowest BCUT2D eigenvalue weighted by atomic mass is 9.88. The summed E-state index contributed by atoms with van der Waals surface area (Å²) >= 11 is 0. The summed E-state index contributed by atoms with van der Waals surface area (Å²) in [6.07, 6.45) is 2.27. The molecular weight excluding hydrogens is 234 g/mol. The van der Waals surface area contributed by atoms with Gasteiger partial charge in [-0.3, -0.25) is 0 Å². The Kier molecular flexibility index (Phi) is 4.00. The summed E-state index contributed by atoms with van der Waals surface area (Å²) in [6.45, 7) is 8.95. The second kappa shape index (κ2) is 5.38. The molecule has 1 N–H and O–H groups in total. The molecule has 2 aromatic rings. The first-order chi connectivity index (χ1) is 8.89. The average Bonchev–Trinajstić information content (AvgIpc) is 2.71. The molecule has 2 nitrogen and oxygen atoms in total. The van der Waals surface area contributed by atoms with Crippen molar-refractivity contribution in [1.29, 1.82) is 0 Å². The van der Waals surface area contributed by atoms with Crippen molar-refractivity contribution in [3.63, 3.8) is 0 Å². The number of rotatable bonds is 4. The minimum Gasteiger partial charge on any atom is -0.459 e. The van der Waals surface area contributed by atoms with Gasteiger partial charge >= 0.3 is 0 Å². The highest BCUT2D eigenvalue weighted by molar-refractivity contribution is 5.78. The summed E-state index contributed by atoms with van der Waals surface area (Å²) in [5.74, 6) is 1.05. The van der Waals surface area contributed by atoms with Crippen molar-refractivity contribution < 1.29 is 4.42 Å². The van der Waals surface area contributed by atoms with Crippen molar-refractivity contribution >= 4 is 11.0 Å². The van der Waals surface area contributed by atoms with Gasteiger partial charge in [-0.1, -0.05) is 32.4 Å². The topological polar surface area (TPSA) is 25.2 Å². The fourth-order valence-electron chi connectivity index (χ4n) is 2.36. The third-order valence-electron chi connectivity index (χ3n) is 3.57. The third-order valence-corrected chi connectivity index (χ3v) is 3.57. The molecule has 0 saturated heterocycles. The van der Waals surface area contributed by atoms with E-state index in [2.05, 4.69) is 57.3 Å². The fraction of sp³-hybridized carbons (Fsp3) is 0.529. The van der Waals surface area contributed by atoms with Crippen LogP contribution in [0.1, 0.15) is 51.0 Å². The average molecular weight is 259 g/mol. The summed E-state index contributed by atoms with van der Waals surface area (Å²) in [7, 11) is 2.01. The van der Waals surface area contributed by atoms with Crippen molar-refractivity contribution in [1.82, 2.24) is 5.32 Å². The quantitative estimate of drug-likeness (QED) is 0.851. The Morgan fingerprint density at radius 1 is 1.21 bits per heavy atom. The molecular formula is C17H25NO. The molecule has 0 saturated carbocycles. The van der Waals surface area contributed by atoms with Crippen LogP contribution in [0.3, 0.4) is 0 Å². The summed E-state index contributed by atoms with van der Waals surface area (Å²) in [4.78, 5) is 0. The van der Waals surface area contributed by atoms with Crippen LogP contribution >= 0.6 is 0 Å². The van der Waals surface area contributed by atoms with Gasteiger partial charge in [0.05, 0.1) is 6.04 Å². The van der Waals surface area contributed by atoms with E-state index in [1.807, 2.05) is 7.05 Å². The first-order valence-corrected chi connectivity index (χ1v) is 7.06. The lowest BCUT2D eigenvalue weighted by Crippen LogP contribution is -2.18. The van der Waals surface area contributed by atoms with Crippen molar-refractivity contribution in [3.05, 3.63) is 35.6 Å². The Bertz CT molecular complexity index is 548. The molecule has 0 aliphatic carbocycles. The Balaban J connectivity index is 2.20. The number of aryl methyl sites for hydroxylation is 1. The number of hydrogen-bond acceptors (Lipinski definition) is 2. The van der Waals surface area contributed by atoms with E-state index in [1.54, 1.807) is 0 Å². The van der Waals surface area contributed by atoms with Crippen LogP contribution in [0.5, 0.6) is 0 Å². The smallest absolute Gasteiger partial charge is 0.134 e. The standard InChI is InChI=1S/C17H25NO/c1-12-6-7-15-13(10-12)11-16(19-15)14(18-5)8-9-17(2,3)4/h6-7,10-11,14,18H,8-9H2,1-5H3. The van der Waals surface area contributed by atoms with Crippen LogP contribution in [0.15, 0.2) is 28.7 Å². The van der Waals surface area contributed by atoms with Crippen molar-refractivity contribution in [3.8, 4) is 0 Å². The maximum Gasteiger partial charge on any atom is 0.134 e.